The van der Waals surface area contributed by atoms with Crippen molar-refractivity contribution in [2.75, 3.05) is 19.6 Å². The molecule has 0 unspecified atom stereocenters. The van der Waals surface area contributed by atoms with E-state index in [1.807, 2.05) is 6.07 Å². The summed E-state index contributed by atoms with van der Waals surface area (Å²) in [6.07, 6.45) is 6.42. The molecule has 0 aromatic carbocycles. The largest absolute Gasteiger partial charge is 0.355 e. The standard InChI is InChI=1S/C18H21N5O3/c1-2-10-23-12-14(5-6-16(23)24)18(25)20-9-7-15-21-17(22-26-15)13-4-3-8-19-11-13/h2-4,8,11,14H,1,5-7,9-10,12H2,(H,20,25)/t14-/m1/s1. The molecule has 2 aromatic rings. The zero-order chi connectivity index (χ0) is 18.4. The monoisotopic (exact) mass is 355 g/mol. The number of hydrogen-bond acceptors (Lipinski definition) is 6. The van der Waals surface area contributed by atoms with Crippen molar-refractivity contribution in [1.29, 1.82) is 0 Å². The molecule has 26 heavy (non-hydrogen) atoms. The zero-order valence-corrected chi connectivity index (χ0v) is 14.4. The summed E-state index contributed by atoms with van der Waals surface area (Å²) >= 11 is 0. The molecule has 1 N–H and O–H groups in total. The number of carbonyl (C=O) groups is 2. The second kappa shape index (κ2) is 8.37. The summed E-state index contributed by atoms with van der Waals surface area (Å²) in [4.78, 5) is 34.1. The highest BCUT2D eigenvalue weighted by molar-refractivity contribution is 5.83. The number of likely N-dealkylation sites (tertiary alicyclic amines) is 1. The Labute approximate surface area is 151 Å². The van der Waals surface area contributed by atoms with Crippen LogP contribution >= 0.6 is 0 Å². The van der Waals surface area contributed by atoms with E-state index in [2.05, 4.69) is 27.0 Å². The minimum atomic E-state index is -0.193. The van der Waals surface area contributed by atoms with Gasteiger partial charge in [-0.05, 0) is 18.6 Å². The molecular weight excluding hydrogens is 334 g/mol. The van der Waals surface area contributed by atoms with Crippen LogP contribution < -0.4 is 5.32 Å². The van der Waals surface area contributed by atoms with Gasteiger partial charge in [0.1, 0.15) is 0 Å². The van der Waals surface area contributed by atoms with Gasteiger partial charge in [-0.25, -0.2) is 0 Å². The van der Waals surface area contributed by atoms with Gasteiger partial charge in [0.25, 0.3) is 0 Å². The van der Waals surface area contributed by atoms with E-state index >= 15 is 0 Å². The van der Waals surface area contributed by atoms with Crippen molar-refractivity contribution in [3.8, 4) is 11.4 Å². The van der Waals surface area contributed by atoms with Crippen molar-refractivity contribution in [2.45, 2.75) is 19.3 Å². The third-order valence-electron chi connectivity index (χ3n) is 4.25. The van der Waals surface area contributed by atoms with Gasteiger partial charge >= 0.3 is 0 Å². The summed E-state index contributed by atoms with van der Waals surface area (Å²) in [5.74, 6) is 0.754. The molecule has 0 aliphatic carbocycles. The Morgan fingerprint density at radius 3 is 3.15 bits per heavy atom. The molecule has 136 valence electrons. The smallest absolute Gasteiger partial charge is 0.228 e. The van der Waals surface area contributed by atoms with Crippen molar-refractivity contribution >= 4 is 11.8 Å². The van der Waals surface area contributed by atoms with Crippen LogP contribution in [0.2, 0.25) is 0 Å². The minimum Gasteiger partial charge on any atom is -0.355 e. The molecule has 1 fully saturated rings. The molecule has 0 spiro atoms. The Morgan fingerprint density at radius 2 is 2.38 bits per heavy atom. The molecule has 0 saturated carbocycles. The third-order valence-corrected chi connectivity index (χ3v) is 4.25. The summed E-state index contributed by atoms with van der Waals surface area (Å²) < 4.78 is 5.21. The number of nitrogens with zero attached hydrogens (tertiary/aromatic N) is 4. The summed E-state index contributed by atoms with van der Waals surface area (Å²) in [5.41, 5.74) is 0.778. The van der Waals surface area contributed by atoms with Crippen molar-refractivity contribution in [3.05, 3.63) is 43.1 Å². The lowest BCUT2D eigenvalue weighted by Crippen LogP contribution is -2.46. The van der Waals surface area contributed by atoms with Gasteiger partial charge in [-0.3, -0.25) is 14.6 Å². The third kappa shape index (κ3) is 4.33. The van der Waals surface area contributed by atoms with Crippen LogP contribution in [0, 0.1) is 5.92 Å². The lowest BCUT2D eigenvalue weighted by atomic mass is 9.96. The predicted octanol–water partition coefficient (Wildman–Crippen LogP) is 1.21. The van der Waals surface area contributed by atoms with Gasteiger partial charge in [-0.1, -0.05) is 11.2 Å². The number of rotatable bonds is 7. The van der Waals surface area contributed by atoms with Crippen LogP contribution in [0.5, 0.6) is 0 Å². The van der Waals surface area contributed by atoms with Gasteiger partial charge in [0, 0.05) is 50.4 Å². The molecule has 1 aliphatic heterocycles. The molecule has 2 amide bonds. The fourth-order valence-corrected chi connectivity index (χ4v) is 2.87. The quantitative estimate of drug-likeness (QED) is 0.749. The van der Waals surface area contributed by atoms with Crippen LogP contribution in [0.25, 0.3) is 11.4 Å². The topological polar surface area (TPSA) is 101 Å². The fraction of sp³-hybridized carbons (Fsp3) is 0.389. The molecule has 0 bridgehead atoms. The Bertz CT molecular complexity index is 774. The number of hydrogen-bond donors (Lipinski definition) is 1. The van der Waals surface area contributed by atoms with E-state index in [1.165, 1.54) is 0 Å². The zero-order valence-electron chi connectivity index (χ0n) is 14.4. The molecule has 8 heteroatoms. The Balaban J connectivity index is 1.47. The van der Waals surface area contributed by atoms with Crippen molar-refractivity contribution in [1.82, 2.24) is 25.3 Å². The first-order chi connectivity index (χ1) is 12.7. The van der Waals surface area contributed by atoms with E-state index in [1.54, 1.807) is 29.4 Å². The molecule has 8 nitrogen and oxygen atoms in total. The number of piperidine rings is 1. The second-order valence-electron chi connectivity index (χ2n) is 6.12. The molecule has 1 saturated heterocycles. The lowest BCUT2D eigenvalue weighted by molar-refractivity contribution is -0.137. The van der Waals surface area contributed by atoms with E-state index in [9.17, 15) is 9.59 Å². The number of nitrogens with one attached hydrogen (secondary N) is 1. The van der Waals surface area contributed by atoms with Crippen molar-refractivity contribution in [3.63, 3.8) is 0 Å². The Hall–Kier alpha value is -3.03. The number of pyridine rings is 1. The van der Waals surface area contributed by atoms with Crippen LogP contribution in [-0.4, -0.2) is 51.5 Å². The van der Waals surface area contributed by atoms with E-state index in [0.717, 1.165) is 5.56 Å². The lowest BCUT2D eigenvalue weighted by Gasteiger charge is -2.31. The Morgan fingerprint density at radius 1 is 1.50 bits per heavy atom. The minimum absolute atomic E-state index is 0.0569. The van der Waals surface area contributed by atoms with Gasteiger partial charge in [-0.2, -0.15) is 4.98 Å². The summed E-state index contributed by atoms with van der Waals surface area (Å²) in [6, 6.07) is 3.65. The van der Waals surface area contributed by atoms with Crippen molar-refractivity contribution < 1.29 is 14.1 Å². The average molecular weight is 355 g/mol. The van der Waals surface area contributed by atoms with Gasteiger partial charge in [-0.15, -0.1) is 6.58 Å². The normalized spacial score (nSPS) is 17.2. The SMILES string of the molecule is C=CCN1C[C@H](C(=O)NCCc2nc(-c3cccnc3)no2)CCC1=O. The summed E-state index contributed by atoms with van der Waals surface area (Å²) in [5, 5.41) is 6.80. The van der Waals surface area contributed by atoms with E-state index in [0.29, 0.717) is 50.6 Å². The summed E-state index contributed by atoms with van der Waals surface area (Å²) in [7, 11) is 0. The van der Waals surface area contributed by atoms with Crippen LogP contribution in [-0.2, 0) is 16.0 Å². The van der Waals surface area contributed by atoms with E-state index < -0.39 is 0 Å². The van der Waals surface area contributed by atoms with Crippen LogP contribution in [0.3, 0.4) is 0 Å². The highest BCUT2D eigenvalue weighted by Gasteiger charge is 2.29. The van der Waals surface area contributed by atoms with E-state index in [4.69, 9.17) is 4.52 Å². The molecular formula is C18H21N5O3. The maximum absolute atomic E-state index is 12.3. The molecule has 2 aromatic heterocycles. The highest BCUT2D eigenvalue weighted by atomic mass is 16.5. The van der Waals surface area contributed by atoms with Gasteiger partial charge in [0.05, 0.1) is 5.92 Å². The first kappa shape index (κ1) is 17.8. The average Bonchev–Trinajstić information content (AvgIpc) is 3.13. The molecule has 3 rings (SSSR count). The second-order valence-corrected chi connectivity index (χ2v) is 6.12. The maximum Gasteiger partial charge on any atom is 0.228 e. The number of carbonyl (C=O) groups excluding carboxylic acids is 2. The molecule has 0 radical (unpaired) electrons. The first-order valence-electron chi connectivity index (χ1n) is 8.56. The van der Waals surface area contributed by atoms with E-state index in [-0.39, 0.29) is 17.7 Å². The van der Waals surface area contributed by atoms with Crippen molar-refractivity contribution in [2.24, 2.45) is 5.92 Å². The molecule has 1 aliphatic rings. The molecule has 3 heterocycles. The summed E-state index contributed by atoms with van der Waals surface area (Å²) in [6.45, 7) is 4.95. The highest BCUT2D eigenvalue weighted by Crippen LogP contribution is 2.18. The van der Waals surface area contributed by atoms with Crippen LogP contribution in [0.15, 0.2) is 41.7 Å². The van der Waals surface area contributed by atoms with Crippen LogP contribution in [0.1, 0.15) is 18.7 Å². The maximum atomic E-state index is 12.3. The predicted molar refractivity (Wildman–Crippen MR) is 93.7 cm³/mol. The van der Waals surface area contributed by atoms with Gasteiger partial charge < -0.3 is 14.7 Å². The van der Waals surface area contributed by atoms with Crippen LogP contribution in [0.4, 0.5) is 0 Å². The number of amides is 2. The van der Waals surface area contributed by atoms with Gasteiger partial charge in [0.15, 0.2) is 0 Å². The number of aromatic nitrogens is 3. The molecule has 1 atom stereocenters. The van der Waals surface area contributed by atoms with Gasteiger partial charge in [0.2, 0.25) is 23.5 Å². The fourth-order valence-electron chi connectivity index (χ4n) is 2.87. The first-order valence-corrected chi connectivity index (χ1v) is 8.56. The Kier molecular flexibility index (Phi) is 5.73.